The van der Waals surface area contributed by atoms with Crippen molar-refractivity contribution >= 4 is 0 Å². The summed E-state index contributed by atoms with van der Waals surface area (Å²) < 4.78 is 5.91. The maximum atomic E-state index is 5.91. The molecular weight excluding hydrogens is 236 g/mol. The zero-order valence-electron chi connectivity index (χ0n) is 13.0. The molecule has 3 atom stereocenters. The molecule has 3 nitrogen and oxygen atoms in total. The number of morpholine rings is 1. The summed E-state index contributed by atoms with van der Waals surface area (Å²) in [4.78, 5) is 2.53. The lowest BCUT2D eigenvalue weighted by atomic mass is 9.97. The quantitative estimate of drug-likeness (QED) is 0.793. The van der Waals surface area contributed by atoms with Gasteiger partial charge in [-0.2, -0.15) is 0 Å². The van der Waals surface area contributed by atoms with Crippen LogP contribution < -0.4 is 5.32 Å². The zero-order chi connectivity index (χ0) is 13.7. The van der Waals surface area contributed by atoms with Crippen LogP contribution in [0.15, 0.2) is 0 Å². The Morgan fingerprint density at radius 1 is 1.21 bits per heavy atom. The summed E-state index contributed by atoms with van der Waals surface area (Å²) in [6, 6.07) is 1.35. The third-order valence-electron chi connectivity index (χ3n) is 4.87. The van der Waals surface area contributed by atoms with E-state index in [0.717, 1.165) is 32.2 Å². The number of hydrogen-bond donors (Lipinski definition) is 1. The van der Waals surface area contributed by atoms with Crippen molar-refractivity contribution in [3.05, 3.63) is 0 Å². The van der Waals surface area contributed by atoms with E-state index in [1.54, 1.807) is 0 Å². The second-order valence-electron chi connectivity index (χ2n) is 6.71. The number of rotatable bonds is 4. The summed E-state index contributed by atoms with van der Waals surface area (Å²) in [6.07, 6.45) is 7.35. The van der Waals surface area contributed by atoms with Crippen LogP contribution in [0.25, 0.3) is 0 Å². The first kappa shape index (κ1) is 15.3. The SMILES string of the molecule is CC1CCCCCC1NCC1CN(C(C)C)CCO1. The molecule has 112 valence electrons. The van der Waals surface area contributed by atoms with Crippen molar-refractivity contribution in [2.45, 2.75) is 71.1 Å². The minimum absolute atomic E-state index is 0.381. The first-order chi connectivity index (χ1) is 9.16. The first-order valence-electron chi connectivity index (χ1n) is 8.26. The molecule has 2 aliphatic rings. The zero-order valence-corrected chi connectivity index (χ0v) is 13.0. The van der Waals surface area contributed by atoms with Crippen LogP contribution in [-0.4, -0.2) is 49.3 Å². The topological polar surface area (TPSA) is 24.5 Å². The van der Waals surface area contributed by atoms with Gasteiger partial charge in [-0.1, -0.05) is 26.2 Å². The molecule has 0 spiro atoms. The minimum atomic E-state index is 0.381. The van der Waals surface area contributed by atoms with E-state index in [2.05, 4.69) is 31.0 Å². The molecule has 0 bridgehead atoms. The number of hydrogen-bond acceptors (Lipinski definition) is 3. The maximum Gasteiger partial charge on any atom is 0.0826 e. The molecule has 0 aromatic heterocycles. The van der Waals surface area contributed by atoms with Gasteiger partial charge in [-0.25, -0.2) is 0 Å². The molecule has 2 rings (SSSR count). The van der Waals surface area contributed by atoms with Crippen molar-refractivity contribution in [2.24, 2.45) is 5.92 Å². The Hall–Kier alpha value is -0.120. The normalized spacial score (nSPS) is 34.4. The Labute approximate surface area is 119 Å². The number of nitrogens with one attached hydrogen (secondary N) is 1. The predicted octanol–water partition coefficient (Wildman–Crippen LogP) is 2.65. The summed E-state index contributed by atoms with van der Waals surface area (Å²) in [6.45, 7) is 11.1. The van der Waals surface area contributed by atoms with E-state index in [4.69, 9.17) is 4.74 Å². The van der Waals surface area contributed by atoms with E-state index in [-0.39, 0.29) is 0 Å². The van der Waals surface area contributed by atoms with Gasteiger partial charge in [-0.15, -0.1) is 0 Å². The van der Waals surface area contributed by atoms with Gasteiger partial charge >= 0.3 is 0 Å². The second kappa shape index (κ2) is 7.61. The van der Waals surface area contributed by atoms with Gasteiger partial charge in [-0.05, 0) is 32.6 Å². The Morgan fingerprint density at radius 3 is 2.79 bits per heavy atom. The molecule has 3 heteroatoms. The van der Waals surface area contributed by atoms with Gasteiger partial charge in [0.15, 0.2) is 0 Å². The Kier molecular flexibility index (Phi) is 6.11. The van der Waals surface area contributed by atoms with Crippen molar-refractivity contribution in [1.82, 2.24) is 10.2 Å². The van der Waals surface area contributed by atoms with Gasteiger partial charge < -0.3 is 10.1 Å². The summed E-state index contributed by atoms with van der Waals surface area (Å²) in [7, 11) is 0. The summed E-state index contributed by atoms with van der Waals surface area (Å²) >= 11 is 0. The fraction of sp³-hybridized carbons (Fsp3) is 1.00. The van der Waals surface area contributed by atoms with Gasteiger partial charge in [-0.3, -0.25) is 4.90 Å². The highest BCUT2D eigenvalue weighted by atomic mass is 16.5. The Bertz CT molecular complexity index is 257. The Balaban J connectivity index is 1.74. The fourth-order valence-corrected chi connectivity index (χ4v) is 3.41. The van der Waals surface area contributed by atoms with Crippen LogP contribution in [0, 0.1) is 5.92 Å². The van der Waals surface area contributed by atoms with E-state index < -0.39 is 0 Å². The fourth-order valence-electron chi connectivity index (χ4n) is 3.41. The molecule has 19 heavy (non-hydrogen) atoms. The highest BCUT2D eigenvalue weighted by molar-refractivity contribution is 4.81. The van der Waals surface area contributed by atoms with Crippen molar-refractivity contribution in [1.29, 1.82) is 0 Å². The molecule has 2 fully saturated rings. The van der Waals surface area contributed by atoms with E-state index in [9.17, 15) is 0 Å². The van der Waals surface area contributed by atoms with Crippen LogP contribution in [0.3, 0.4) is 0 Å². The highest BCUT2D eigenvalue weighted by Gasteiger charge is 2.24. The Morgan fingerprint density at radius 2 is 2.00 bits per heavy atom. The smallest absolute Gasteiger partial charge is 0.0826 e. The van der Waals surface area contributed by atoms with Crippen LogP contribution >= 0.6 is 0 Å². The van der Waals surface area contributed by atoms with Crippen molar-refractivity contribution in [3.63, 3.8) is 0 Å². The molecule has 0 radical (unpaired) electrons. The van der Waals surface area contributed by atoms with E-state index >= 15 is 0 Å². The second-order valence-corrected chi connectivity index (χ2v) is 6.71. The molecule has 1 heterocycles. The molecule has 1 saturated heterocycles. The average Bonchev–Trinajstić information content (AvgIpc) is 2.61. The summed E-state index contributed by atoms with van der Waals surface area (Å²) in [5.74, 6) is 0.826. The van der Waals surface area contributed by atoms with Crippen molar-refractivity contribution < 1.29 is 4.74 Å². The van der Waals surface area contributed by atoms with Crippen LogP contribution in [0.4, 0.5) is 0 Å². The molecule has 0 aromatic rings. The van der Waals surface area contributed by atoms with Crippen LogP contribution in [0.2, 0.25) is 0 Å². The third kappa shape index (κ3) is 4.73. The largest absolute Gasteiger partial charge is 0.374 e. The molecule has 1 aliphatic carbocycles. The van der Waals surface area contributed by atoms with Gasteiger partial charge in [0.05, 0.1) is 12.7 Å². The number of ether oxygens (including phenoxy) is 1. The van der Waals surface area contributed by atoms with E-state index in [1.165, 1.54) is 32.1 Å². The van der Waals surface area contributed by atoms with Crippen LogP contribution in [0.1, 0.15) is 52.9 Å². The predicted molar refractivity (Wildman–Crippen MR) is 80.5 cm³/mol. The van der Waals surface area contributed by atoms with Gasteiger partial charge in [0.2, 0.25) is 0 Å². The lowest BCUT2D eigenvalue weighted by Gasteiger charge is -2.36. The first-order valence-corrected chi connectivity index (χ1v) is 8.26. The average molecular weight is 268 g/mol. The molecule has 1 N–H and O–H groups in total. The van der Waals surface area contributed by atoms with Crippen LogP contribution in [-0.2, 0) is 4.74 Å². The molecule has 0 amide bonds. The van der Waals surface area contributed by atoms with E-state index in [0.29, 0.717) is 18.2 Å². The highest BCUT2D eigenvalue weighted by Crippen LogP contribution is 2.23. The standard InChI is InChI=1S/C16H32N2O/c1-13(2)18-9-10-19-15(12-18)11-17-16-8-6-4-5-7-14(16)3/h13-17H,4-12H2,1-3H3. The van der Waals surface area contributed by atoms with Gasteiger partial charge in [0.25, 0.3) is 0 Å². The number of nitrogens with zero attached hydrogens (tertiary/aromatic N) is 1. The molecule has 1 saturated carbocycles. The summed E-state index contributed by atoms with van der Waals surface area (Å²) in [5, 5.41) is 3.79. The van der Waals surface area contributed by atoms with E-state index in [1.807, 2.05) is 0 Å². The summed E-state index contributed by atoms with van der Waals surface area (Å²) in [5.41, 5.74) is 0. The van der Waals surface area contributed by atoms with Gasteiger partial charge in [0.1, 0.15) is 0 Å². The minimum Gasteiger partial charge on any atom is -0.374 e. The third-order valence-corrected chi connectivity index (χ3v) is 4.87. The molecular formula is C16H32N2O. The molecule has 1 aliphatic heterocycles. The van der Waals surface area contributed by atoms with Crippen LogP contribution in [0.5, 0.6) is 0 Å². The monoisotopic (exact) mass is 268 g/mol. The van der Waals surface area contributed by atoms with Gasteiger partial charge in [0, 0.05) is 31.7 Å². The molecule has 3 unspecified atom stereocenters. The molecule has 0 aromatic carbocycles. The lowest BCUT2D eigenvalue weighted by Crippen LogP contribution is -2.50. The maximum absolute atomic E-state index is 5.91. The van der Waals surface area contributed by atoms with Crippen molar-refractivity contribution in [2.75, 3.05) is 26.2 Å². The lowest BCUT2D eigenvalue weighted by molar-refractivity contribution is -0.0387. The van der Waals surface area contributed by atoms with Crippen molar-refractivity contribution in [3.8, 4) is 0 Å².